The minimum Gasteiger partial charge on any atom is -0.223 e. The fraction of sp³-hybridized carbons (Fsp3) is 0.333. The fourth-order valence-electron chi connectivity index (χ4n) is 2.96. The highest BCUT2D eigenvalue weighted by molar-refractivity contribution is 7.92. The molecule has 1 saturated heterocycles. The van der Waals surface area contributed by atoms with Crippen LogP contribution in [0, 0.1) is 20.8 Å². The maximum absolute atomic E-state index is 12.9. The Labute approximate surface area is 159 Å². The second-order valence-electron chi connectivity index (χ2n) is 6.64. The number of nitrogens with zero attached hydrogens (tertiary/aromatic N) is 1. The molecule has 0 aliphatic carbocycles. The zero-order chi connectivity index (χ0) is 19.3. The van der Waals surface area contributed by atoms with Gasteiger partial charge >= 0.3 is 0 Å². The van der Waals surface area contributed by atoms with Crippen molar-refractivity contribution in [2.45, 2.75) is 35.8 Å². The van der Waals surface area contributed by atoms with Crippen LogP contribution in [0.3, 0.4) is 0 Å². The van der Waals surface area contributed by atoms with Crippen LogP contribution in [0.1, 0.15) is 16.7 Å². The van der Waals surface area contributed by atoms with Gasteiger partial charge in [0.05, 0.1) is 15.0 Å². The molecule has 0 bridgehead atoms. The Balaban J connectivity index is 1.83. The van der Waals surface area contributed by atoms with E-state index in [1.165, 1.54) is 28.6 Å². The first kappa shape index (κ1) is 19.4. The summed E-state index contributed by atoms with van der Waals surface area (Å²) in [6.45, 7) is 5.45. The van der Waals surface area contributed by atoms with Gasteiger partial charge in [0, 0.05) is 18.1 Å². The lowest BCUT2D eigenvalue weighted by molar-refractivity contribution is 0.309. The summed E-state index contributed by atoms with van der Waals surface area (Å²) in [5, 5.41) is -0.294. The van der Waals surface area contributed by atoms with E-state index in [-0.39, 0.29) is 22.9 Å². The molecule has 1 aliphatic rings. The molecule has 8 heteroatoms. The molecule has 0 spiro atoms. The third-order valence-electron chi connectivity index (χ3n) is 4.80. The summed E-state index contributed by atoms with van der Waals surface area (Å²) in [6, 6.07) is 9.41. The molecule has 1 fully saturated rings. The quantitative estimate of drug-likeness (QED) is 0.772. The highest BCUT2D eigenvalue weighted by Crippen LogP contribution is 2.31. The Morgan fingerprint density at radius 3 is 2.00 bits per heavy atom. The van der Waals surface area contributed by atoms with E-state index in [1.807, 2.05) is 19.9 Å². The van der Waals surface area contributed by atoms with E-state index < -0.39 is 25.1 Å². The molecule has 0 amide bonds. The smallest absolute Gasteiger partial charge is 0.223 e. The van der Waals surface area contributed by atoms with Crippen molar-refractivity contribution in [2.75, 3.05) is 13.1 Å². The standard InChI is InChI=1S/C18H20ClNO4S2/c1-12-8-14(3)18(9-13(12)2)26(23,24)20-10-17(11-20)25(21,22)16-6-4-15(19)5-7-16/h4-9,17H,10-11H2,1-3H3. The molecule has 0 unspecified atom stereocenters. The lowest BCUT2D eigenvalue weighted by atomic mass is 10.1. The SMILES string of the molecule is Cc1cc(C)c(S(=O)(=O)N2CC(S(=O)(=O)c3ccc(Cl)cc3)C2)cc1C. The molecule has 0 saturated carbocycles. The van der Waals surface area contributed by atoms with E-state index in [1.54, 1.807) is 13.0 Å². The molecule has 1 aliphatic heterocycles. The molecule has 3 rings (SSSR count). The van der Waals surface area contributed by atoms with Crippen LogP contribution < -0.4 is 0 Å². The van der Waals surface area contributed by atoms with Crippen molar-refractivity contribution < 1.29 is 16.8 Å². The van der Waals surface area contributed by atoms with Crippen molar-refractivity contribution >= 4 is 31.5 Å². The zero-order valence-corrected chi connectivity index (χ0v) is 17.1. The molecular weight excluding hydrogens is 394 g/mol. The van der Waals surface area contributed by atoms with Gasteiger partial charge in [0.15, 0.2) is 9.84 Å². The zero-order valence-electron chi connectivity index (χ0n) is 14.7. The number of benzene rings is 2. The second kappa shape index (κ2) is 6.64. The maximum Gasteiger partial charge on any atom is 0.243 e. The van der Waals surface area contributed by atoms with Gasteiger partial charge in [-0.15, -0.1) is 0 Å². The summed E-state index contributed by atoms with van der Waals surface area (Å²) in [6.07, 6.45) is 0. The normalized spacial score (nSPS) is 16.5. The van der Waals surface area contributed by atoms with Gasteiger partial charge in [-0.1, -0.05) is 17.7 Å². The van der Waals surface area contributed by atoms with Gasteiger partial charge < -0.3 is 0 Å². The third kappa shape index (κ3) is 3.29. The molecule has 2 aromatic carbocycles. The van der Waals surface area contributed by atoms with E-state index in [4.69, 9.17) is 11.6 Å². The van der Waals surface area contributed by atoms with Crippen LogP contribution in [0.5, 0.6) is 0 Å². The molecular formula is C18H20ClNO4S2. The first-order chi connectivity index (χ1) is 12.0. The Morgan fingerprint density at radius 1 is 0.885 bits per heavy atom. The van der Waals surface area contributed by atoms with E-state index in [9.17, 15) is 16.8 Å². The molecule has 26 heavy (non-hydrogen) atoms. The lowest BCUT2D eigenvalue weighted by Gasteiger charge is -2.37. The largest absolute Gasteiger partial charge is 0.243 e. The predicted octanol–water partition coefficient (Wildman–Crippen LogP) is 3.11. The minimum atomic E-state index is -3.71. The van der Waals surface area contributed by atoms with E-state index in [2.05, 4.69) is 0 Å². The van der Waals surface area contributed by atoms with Gasteiger partial charge in [-0.25, -0.2) is 16.8 Å². The van der Waals surface area contributed by atoms with Crippen molar-refractivity contribution in [1.29, 1.82) is 0 Å². The molecule has 1 heterocycles. The summed E-state index contributed by atoms with van der Waals surface area (Å²) < 4.78 is 52.2. The summed E-state index contributed by atoms with van der Waals surface area (Å²) in [5.41, 5.74) is 2.57. The number of halogens is 1. The molecule has 5 nitrogen and oxygen atoms in total. The Bertz CT molecular complexity index is 1060. The lowest BCUT2D eigenvalue weighted by Crippen LogP contribution is -2.56. The Kier molecular flexibility index (Phi) is 4.94. The van der Waals surface area contributed by atoms with Crippen LogP contribution in [-0.2, 0) is 19.9 Å². The van der Waals surface area contributed by atoms with Crippen LogP contribution >= 0.6 is 11.6 Å². The van der Waals surface area contributed by atoms with Crippen molar-refractivity contribution in [3.05, 3.63) is 58.1 Å². The summed E-state index contributed by atoms with van der Waals surface area (Å²) in [4.78, 5) is 0.397. The molecule has 140 valence electrons. The molecule has 2 aromatic rings. The van der Waals surface area contributed by atoms with E-state index in [0.29, 0.717) is 10.6 Å². The minimum absolute atomic E-state index is 0.0420. The number of rotatable bonds is 4. The van der Waals surface area contributed by atoms with Gasteiger partial charge in [-0.05, 0) is 67.8 Å². The van der Waals surface area contributed by atoms with E-state index in [0.717, 1.165) is 11.1 Å². The van der Waals surface area contributed by atoms with Gasteiger partial charge in [0.25, 0.3) is 0 Å². The van der Waals surface area contributed by atoms with Crippen LogP contribution in [0.25, 0.3) is 0 Å². The number of sulfone groups is 1. The fourth-order valence-corrected chi connectivity index (χ4v) is 6.75. The first-order valence-electron chi connectivity index (χ1n) is 8.11. The van der Waals surface area contributed by atoms with Gasteiger partial charge in [0.2, 0.25) is 10.0 Å². The predicted molar refractivity (Wildman–Crippen MR) is 102 cm³/mol. The highest BCUT2D eigenvalue weighted by Gasteiger charge is 2.44. The average Bonchev–Trinajstić information content (AvgIpc) is 2.49. The van der Waals surface area contributed by atoms with Crippen molar-refractivity contribution in [1.82, 2.24) is 4.31 Å². The second-order valence-corrected chi connectivity index (χ2v) is 11.2. The van der Waals surface area contributed by atoms with Gasteiger partial charge in [-0.3, -0.25) is 0 Å². The summed E-state index contributed by atoms with van der Waals surface area (Å²) in [5.74, 6) is 0. The first-order valence-corrected chi connectivity index (χ1v) is 11.5. The van der Waals surface area contributed by atoms with Crippen LogP contribution in [0.15, 0.2) is 46.2 Å². The molecule has 0 radical (unpaired) electrons. The van der Waals surface area contributed by atoms with E-state index >= 15 is 0 Å². The van der Waals surface area contributed by atoms with Crippen LogP contribution in [0.4, 0.5) is 0 Å². The Hall–Kier alpha value is -1.41. The summed E-state index contributed by atoms with van der Waals surface area (Å²) >= 11 is 5.80. The monoisotopic (exact) mass is 413 g/mol. The number of sulfonamides is 1. The summed E-state index contributed by atoms with van der Waals surface area (Å²) in [7, 11) is -7.29. The van der Waals surface area contributed by atoms with Crippen molar-refractivity contribution in [3.63, 3.8) is 0 Å². The maximum atomic E-state index is 12.9. The van der Waals surface area contributed by atoms with Gasteiger partial charge in [-0.2, -0.15) is 4.31 Å². The number of hydrogen-bond donors (Lipinski definition) is 0. The highest BCUT2D eigenvalue weighted by atomic mass is 35.5. The van der Waals surface area contributed by atoms with Crippen molar-refractivity contribution in [3.8, 4) is 0 Å². The number of aryl methyl sites for hydroxylation is 3. The third-order valence-corrected chi connectivity index (χ3v) is 9.14. The topological polar surface area (TPSA) is 71.5 Å². The van der Waals surface area contributed by atoms with Crippen LogP contribution in [0.2, 0.25) is 5.02 Å². The van der Waals surface area contributed by atoms with Crippen molar-refractivity contribution in [2.24, 2.45) is 0 Å². The molecule has 0 N–H and O–H groups in total. The Morgan fingerprint density at radius 2 is 1.42 bits per heavy atom. The number of hydrogen-bond acceptors (Lipinski definition) is 4. The molecule has 0 aromatic heterocycles. The average molecular weight is 414 g/mol. The molecule has 0 atom stereocenters. The van der Waals surface area contributed by atoms with Crippen LogP contribution in [-0.4, -0.2) is 39.5 Å². The van der Waals surface area contributed by atoms with Gasteiger partial charge in [0.1, 0.15) is 0 Å².